The second-order valence-electron chi connectivity index (χ2n) is 13.2. The number of aliphatic hydroxyl groups is 7. The van der Waals surface area contributed by atoms with Gasteiger partial charge < -0.3 is 104 Å². The number of rotatable bonds is 13. The number of amides is 1. The molecule has 4 rings (SSSR count). The number of carbonyl (C=O) groups is 1. The maximum absolute atomic E-state index is 12.7. The molecule has 21 nitrogen and oxygen atoms in total. The Morgan fingerprint density at radius 1 is 0.796 bits per heavy atom. The normalized spacial score (nSPS) is 47.5. The molecule has 1 aliphatic carbocycles. The van der Waals surface area contributed by atoms with Crippen LogP contribution in [0.4, 0.5) is 0 Å². The second kappa shape index (κ2) is 17.5. The molecule has 3 heterocycles. The highest BCUT2D eigenvalue weighted by Crippen LogP contribution is 2.35. The van der Waals surface area contributed by atoms with Gasteiger partial charge in [-0.05, 0) is 32.7 Å². The molecule has 4 fully saturated rings. The summed E-state index contributed by atoms with van der Waals surface area (Å²) in [7, 11) is 0. The van der Waals surface area contributed by atoms with Gasteiger partial charge in [0.05, 0.1) is 43.0 Å². The van der Waals surface area contributed by atoms with Crippen molar-refractivity contribution in [3.05, 3.63) is 0 Å². The third-order valence-corrected chi connectivity index (χ3v) is 9.58. The molecule has 20 N–H and O–H groups in total. The van der Waals surface area contributed by atoms with Gasteiger partial charge in [-0.2, -0.15) is 0 Å². The minimum Gasteiger partial charge on any atom is -0.394 e. The van der Waals surface area contributed by atoms with Crippen LogP contribution < -0.4 is 39.7 Å². The molecule has 0 aromatic rings. The first-order chi connectivity index (χ1) is 23.1. The van der Waals surface area contributed by atoms with E-state index < -0.39 is 129 Å². The van der Waals surface area contributed by atoms with Crippen molar-refractivity contribution >= 4 is 5.91 Å². The third kappa shape index (κ3) is 8.85. The summed E-state index contributed by atoms with van der Waals surface area (Å²) in [5, 5.41) is 77.3. The van der Waals surface area contributed by atoms with Crippen LogP contribution in [0.5, 0.6) is 0 Å². The van der Waals surface area contributed by atoms with Gasteiger partial charge in [0.2, 0.25) is 5.91 Å². The van der Waals surface area contributed by atoms with Gasteiger partial charge in [0.15, 0.2) is 18.9 Å². The summed E-state index contributed by atoms with van der Waals surface area (Å²) in [6, 6.07) is -5.25. The third-order valence-electron chi connectivity index (χ3n) is 9.58. The topological polar surface area (TPSA) is 382 Å². The largest absolute Gasteiger partial charge is 0.394 e. The van der Waals surface area contributed by atoms with E-state index in [4.69, 9.17) is 62.8 Å². The molecule has 0 aromatic carbocycles. The smallest absolute Gasteiger partial charge is 0.249 e. The lowest BCUT2D eigenvalue weighted by Crippen LogP contribution is -2.73. The molecule has 286 valence electrons. The predicted octanol–water partition coefficient (Wildman–Crippen LogP) is -8.61. The fourth-order valence-corrected chi connectivity index (χ4v) is 6.52. The van der Waals surface area contributed by atoms with Crippen molar-refractivity contribution in [1.29, 1.82) is 0 Å². The van der Waals surface area contributed by atoms with Gasteiger partial charge in [0.1, 0.15) is 61.0 Å². The van der Waals surface area contributed by atoms with Crippen molar-refractivity contribution in [2.45, 2.75) is 149 Å². The molecule has 49 heavy (non-hydrogen) atoms. The summed E-state index contributed by atoms with van der Waals surface area (Å²) in [6.07, 6.45) is -20.1. The van der Waals surface area contributed by atoms with E-state index in [0.717, 1.165) is 0 Å². The minimum absolute atomic E-state index is 0.0228. The Kier molecular flexibility index (Phi) is 14.4. The molecular weight excluding hydrogens is 658 g/mol. The Labute approximate surface area is 283 Å². The molecule has 3 aliphatic heterocycles. The molecule has 20 atom stereocenters. The summed E-state index contributed by atoms with van der Waals surface area (Å²) in [5.74, 6) is -0.950. The highest BCUT2D eigenvalue weighted by atomic mass is 16.8. The van der Waals surface area contributed by atoms with Crippen molar-refractivity contribution in [3.8, 4) is 0 Å². The summed E-state index contributed by atoms with van der Waals surface area (Å²) in [5.41, 5.74) is 35.9. The number of nitrogens with one attached hydrogen (secondary N) is 1. The van der Waals surface area contributed by atoms with Gasteiger partial charge >= 0.3 is 0 Å². The molecule has 0 spiro atoms. The minimum atomic E-state index is -1.81. The number of ether oxygens (including phenoxy) is 6. The summed E-state index contributed by atoms with van der Waals surface area (Å²) in [6.45, 7) is 0.819. The molecule has 1 amide bonds. The van der Waals surface area contributed by atoms with Crippen LogP contribution in [0.2, 0.25) is 0 Å². The Balaban J connectivity index is 1.58. The first kappa shape index (κ1) is 40.5. The van der Waals surface area contributed by atoms with Crippen molar-refractivity contribution < 1.29 is 69.0 Å². The number of nitrogens with two attached hydrogens (primary N) is 6. The van der Waals surface area contributed by atoms with Crippen LogP contribution in [-0.2, 0) is 33.2 Å². The second-order valence-corrected chi connectivity index (χ2v) is 13.2. The molecule has 0 aromatic heterocycles. The van der Waals surface area contributed by atoms with E-state index in [1.165, 1.54) is 0 Å². The van der Waals surface area contributed by atoms with Crippen LogP contribution in [-0.4, -0.2) is 184 Å². The van der Waals surface area contributed by atoms with Crippen LogP contribution >= 0.6 is 0 Å². The van der Waals surface area contributed by atoms with Gasteiger partial charge in [-0.3, -0.25) is 4.79 Å². The van der Waals surface area contributed by atoms with Crippen molar-refractivity contribution in [2.75, 3.05) is 19.7 Å². The Hall–Kier alpha value is -1.29. The van der Waals surface area contributed by atoms with E-state index in [9.17, 15) is 40.5 Å². The highest BCUT2D eigenvalue weighted by molar-refractivity contribution is 5.80. The Bertz CT molecular complexity index is 1060. The molecule has 0 radical (unpaired) electrons. The first-order valence-corrected chi connectivity index (χ1v) is 16.5. The number of hydrogen-bond acceptors (Lipinski definition) is 20. The van der Waals surface area contributed by atoms with E-state index in [1.54, 1.807) is 6.92 Å². The van der Waals surface area contributed by atoms with Gasteiger partial charge in [-0.15, -0.1) is 0 Å². The molecule has 0 unspecified atom stereocenters. The Morgan fingerprint density at radius 2 is 1.43 bits per heavy atom. The van der Waals surface area contributed by atoms with Crippen molar-refractivity contribution in [3.63, 3.8) is 0 Å². The number of carbonyl (C=O) groups excluding carboxylic acids is 1. The SMILES string of the molecule is C[C@H](N)[C@@H]1CC[C@@H](N)[C@@H](O[C@@H]2[C@@H](N)[C@H](O)[C@@H](NC(=O)[C@@H](O)CCN)[C@H](O)[C@H]2O[C@@H]2O[C@H](CO)[C@@H](O[C@H]3O[C@@H](CN)[C@@H](O)[C@H](O)[C@H]3N)[C@H]2O)O1. The zero-order chi connectivity index (χ0) is 36.3. The van der Waals surface area contributed by atoms with E-state index >= 15 is 0 Å². The quantitative estimate of drug-likeness (QED) is 0.0842. The van der Waals surface area contributed by atoms with E-state index in [-0.39, 0.29) is 25.6 Å². The lowest BCUT2D eigenvalue weighted by molar-refractivity contribution is -0.297. The summed E-state index contributed by atoms with van der Waals surface area (Å²) < 4.78 is 35.4. The molecule has 4 aliphatic rings. The molecule has 1 saturated carbocycles. The zero-order valence-electron chi connectivity index (χ0n) is 27.2. The lowest BCUT2D eigenvalue weighted by atomic mass is 9.81. The maximum Gasteiger partial charge on any atom is 0.249 e. The number of hydrogen-bond donors (Lipinski definition) is 14. The first-order valence-electron chi connectivity index (χ1n) is 16.5. The van der Waals surface area contributed by atoms with Crippen molar-refractivity contribution in [1.82, 2.24) is 5.32 Å². The molecule has 3 saturated heterocycles. The summed E-state index contributed by atoms with van der Waals surface area (Å²) >= 11 is 0. The summed E-state index contributed by atoms with van der Waals surface area (Å²) in [4.78, 5) is 12.7. The monoisotopic (exact) mass is 713 g/mol. The highest BCUT2D eigenvalue weighted by Gasteiger charge is 2.56. The van der Waals surface area contributed by atoms with Crippen LogP contribution in [0.3, 0.4) is 0 Å². The van der Waals surface area contributed by atoms with Crippen LogP contribution in [0.25, 0.3) is 0 Å². The fraction of sp³-hybridized carbons (Fsp3) is 0.964. The molecule has 0 bridgehead atoms. The Morgan fingerprint density at radius 3 is 2.04 bits per heavy atom. The van der Waals surface area contributed by atoms with E-state index in [2.05, 4.69) is 5.32 Å². The number of aliphatic hydroxyl groups excluding tert-OH is 7. The van der Waals surface area contributed by atoms with Gasteiger partial charge in [-0.25, -0.2) is 0 Å². The lowest BCUT2D eigenvalue weighted by Gasteiger charge is -2.49. The van der Waals surface area contributed by atoms with Crippen LogP contribution in [0, 0.1) is 0 Å². The fourth-order valence-electron chi connectivity index (χ4n) is 6.52. The zero-order valence-corrected chi connectivity index (χ0v) is 27.2. The average Bonchev–Trinajstić information content (AvgIpc) is 3.37. The van der Waals surface area contributed by atoms with Crippen molar-refractivity contribution in [2.24, 2.45) is 34.4 Å². The standard InChI is InChI=1S/C28H55N7O14/c1-8(31)11-3-2-9(32)26(44-11)48-23-14(33)18(39)16(35-25(43)10(37)4-5-29)20(41)24(23)49-28-21(42)22(13(7-36)46-28)47-27-15(34)19(40)17(38)12(6-30)45-27/h8-24,26-28,36-42H,2-7,29-34H2,1H3,(H,35,43)/t8-,9+,10-,11-,12-,13+,14-,15+,16+,17+,18-,19+,20-,21+,22+,23+,24+,26+,27+,28-/m0/s1. The predicted molar refractivity (Wildman–Crippen MR) is 165 cm³/mol. The van der Waals surface area contributed by atoms with Gasteiger partial charge in [0, 0.05) is 12.6 Å². The van der Waals surface area contributed by atoms with Crippen LogP contribution in [0.15, 0.2) is 0 Å². The average molecular weight is 714 g/mol. The maximum atomic E-state index is 12.7. The van der Waals surface area contributed by atoms with E-state index in [1.807, 2.05) is 0 Å². The van der Waals surface area contributed by atoms with Gasteiger partial charge in [0.25, 0.3) is 0 Å². The molecule has 21 heteroatoms. The van der Waals surface area contributed by atoms with Gasteiger partial charge in [-0.1, -0.05) is 0 Å². The van der Waals surface area contributed by atoms with Crippen LogP contribution in [0.1, 0.15) is 26.2 Å². The molecular formula is C28H55N7O14. The van der Waals surface area contributed by atoms with E-state index in [0.29, 0.717) is 12.8 Å².